The molecule has 2 bridgehead atoms. The maximum Gasteiger partial charge on any atom is 0.220 e. The van der Waals surface area contributed by atoms with E-state index in [0.717, 1.165) is 36.5 Å². The lowest BCUT2D eigenvalue weighted by molar-refractivity contribution is -0.122. The minimum Gasteiger partial charge on any atom is -0.353 e. The first-order valence-corrected chi connectivity index (χ1v) is 8.20. The number of fused-ring (bicyclic) bond motifs is 5. The standard InChI is InChI=1S/C16H28N2O/c1-10(17)4-2-7-16(19)18-15-9-11-8-14(15)13-6-3-5-12(11)13/h10-15H,2-9,17H2,1H3,(H,18,19). The fourth-order valence-electron chi connectivity index (χ4n) is 5.10. The molecule has 3 heteroatoms. The highest BCUT2D eigenvalue weighted by molar-refractivity contribution is 5.76. The van der Waals surface area contributed by atoms with Gasteiger partial charge in [0.15, 0.2) is 0 Å². The lowest BCUT2D eigenvalue weighted by Gasteiger charge is -2.32. The SMILES string of the molecule is CC(N)CCCC(=O)NC1CC2CC1C1CCCC21. The lowest BCUT2D eigenvalue weighted by atomic mass is 9.79. The summed E-state index contributed by atoms with van der Waals surface area (Å²) in [7, 11) is 0. The van der Waals surface area contributed by atoms with Crippen molar-refractivity contribution in [3.05, 3.63) is 0 Å². The van der Waals surface area contributed by atoms with Crippen LogP contribution in [0.2, 0.25) is 0 Å². The molecule has 0 aromatic heterocycles. The van der Waals surface area contributed by atoms with Gasteiger partial charge in [-0.25, -0.2) is 0 Å². The van der Waals surface area contributed by atoms with Crippen molar-refractivity contribution in [2.24, 2.45) is 29.4 Å². The highest BCUT2D eigenvalue weighted by Gasteiger charge is 2.53. The average Bonchev–Trinajstić information content (AvgIpc) is 2.98. The summed E-state index contributed by atoms with van der Waals surface area (Å²) in [5, 5.41) is 3.32. The van der Waals surface area contributed by atoms with Crippen LogP contribution in [0.5, 0.6) is 0 Å². The summed E-state index contributed by atoms with van der Waals surface area (Å²) in [6.45, 7) is 2.01. The maximum absolute atomic E-state index is 12.0. The lowest BCUT2D eigenvalue weighted by Crippen LogP contribution is -2.42. The molecule has 1 amide bonds. The van der Waals surface area contributed by atoms with E-state index in [2.05, 4.69) is 5.32 Å². The van der Waals surface area contributed by atoms with E-state index in [1.807, 2.05) is 6.92 Å². The Labute approximate surface area is 116 Å². The second kappa shape index (κ2) is 5.43. The number of rotatable bonds is 5. The Morgan fingerprint density at radius 3 is 2.84 bits per heavy atom. The van der Waals surface area contributed by atoms with Gasteiger partial charge in [0.25, 0.3) is 0 Å². The van der Waals surface area contributed by atoms with Crippen molar-refractivity contribution in [1.29, 1.82) is 0 Å². The molecule has 3 fully saturated rings. The topological polar surface area (TPSA) is 55.1 Å². The molecular formula is C16H28N2O. The Kier molecular flexibility index (Phi) is 3.84. The van der Waals surface area contributed by atoms with Gasteiger partial charge in [0, 0.05) is 18.5 Å². The van der Waals surface area contributed by atoms with Crippen molar-refractivity contribution < 1.29 is 4.79 Å². The van der Waals surface area contributed by atoms with Crippen LogP contribution in [0.4, 0.5) is 0 Å². The van der Waals surface area contributed by atoms with E-state index in [9.17, 15) is 4.79 Å². The quantitative estimate of drug-likeness (QED) is 0.801. The number of amides is 1. The number of nitrogens with two attached hydrogens (primary N) is 1. The molecule has 3 N–H and O–H groups in total. The van der Waals surface area contributed by atoms with E-state index in [1.165, 1.54) is 32.1 Å². The molecule has 19 heavy (non-hydrogen) atoms. The molecule has 0 radical (unpaired) electrons. The zero-order valence-electron chi connectivity index (χ0n) is 12.1. The molecule has 0 aliphatic heterocycles. The van der Waals surface area contributed by atoms with Gasteiger partial charge in [-0.1, -0.05) is 6.42 Å². The molecule has 6 unspecified atom stereocenters. The average molecular weight is 264 g/mol. The third-order valence-electron chi connectivity index (χ3n) is 5.84. The maximum atomic E-state index is 12.0. The zero-order valence-corrected chi connectivity index (χ0v) is 12.1. The number of hydrogen-bond donors (Lipinski definition) is 2. The molecular weight excluding hydrogens is 236 g/mol. The van der Waals surface area contributed by atoms with Crippen LogP contribution in [-0.4, -0.2) is 18.0 Å². The Morgan fingerprint density at radius 1 is 1.26 bits per heavy atom. The summed E-state index contributed by atoms with van der Waals surface area (Å²) < 4.78 is 0. The normalized spacial score (nSPS) is 41.3. The minimum atomic E-state index is 0.217. The molecule has 3 aliphatic carbocycles. The number of hydrogen-bond acceptors (Lipinski definition) is 2. The van der Waals surface area contributed by atoms with E-state index in [4.69, 9.17) is 5.73 Å². The van der Waals surface area contributed by atoms with Gasteiger partial charge in [-0.05, 0) is 69.1 Å². The van der Waals surface area contributed by atoms with Crippen LogP contribution in [0.15, 0.2) is 0 Å². The van der Waals surface area contributed by atoms with E-state index >= 15 is 0 Å². The Morgan fingerprint density at radius 2 is 2.05 bits per heavy atom. The van der Waals surface area contributed by atoms with Crippen LogP contribution in [0.1, 0.15) is 58.3 Å². The first-order chi connectivity index (χ1) is 9.15. The van der Waals surface area contributed by atoms with Gasteiger partial charge in [0.05, 0.1) is 0 Å². The second-order valence-corrected chi connectivity index (χ2v) is 7.20. The largest absolute Gasteiger partial charge is 0.353 e. The molecule has 0 aromatic carbocycles. The van der Waals surface area contributed by atoms with E-state index in [-0.39, 0.29) is 11.9 Å². The second-order valence-electron chi connectivity index (χ2n) is 7.20. The molecule has 108 valence electrons. The van der Waals surface area contributed by atoms with Gasteiger partial charge in [-0.15, -0.1) is 0 Å². The van der Waals surface area contributed by atoms with Crippen molar-refractivity contribution in [3.63, 3.8) is 0 Å². The highest BCUT2D eigenvalue weighted by atomic mass is 16.1. The van der Waals surface area contributed by atoms with E-state index in [0.29, 0.717) is 12.5 Å². The molecule has 0 heterocycles. The zero-order chi connectivity index (χ0) is 13.4. The Balaban J connectivity index is 1.45. The molecule has 0 saturated heterocycles. The summed E-state index contributed by atoms with van der Waals surface area (Å²) in [4.78, 5) is 12.0. The van der Waals surface area contributed by atoms with Crippen molar-refractivity contribution in [2.45, 2.75) is 70.4 Å². The predicted octanol–water partition coefficient (Wildman–Crippen LogP) is 2.44. The van der Waals surface area contributed by atoms with Gasteiger partial charge >= 0.3 is 0 Å². The summed E-state index contributed by atoms with van der Waals surface area (Å²) in [6, 6.07) is 0.710. The van der Waals surface area contributed by atoms with Crippen molar-refractivity contribution in [2.75, 3.05) is 0 Å². The first-order valence-electron chi connectivity index (χ1n) is 8.20. The first kappa shape index (κ1) is 13.4. The smallest absolute Gasteiger partial charge is 0.220 e. The third kappa shape index (κ3) is 2.67. The van der Waals surface area contributed by atoms with Crippen LogP contribution in [0.3, 0.4) is 0 Å². The number of carbonyl (C=O) groups excluding carboxylic acids is 1. The van der Waals surface area contributed by atoms with Crippen LogP contribution in [0.25, 0.3) is 0 Å². The minimum absolute atomic E-state index is 0.217. The van der Waals surface area contributed by atoms with Gasteiger partial charge in [-0.2, -0.15) is 0 Å². The third-order valence-corrected chi connectivity index (χ3v) is 5.84. The monoisotopic (exact) mass is 264 g/mol. The molecule has 3 aliphatic rings. The number of nitrogens with one attached hydrogen (secondary N) is 1. The van der Waals surface area contributed by atoms with Gasteiger partial charge in [0.2, 0.25) is 5.91 Å². The van der Waals surface area contributed by atoms with Crippen LogP contribution in [0, 0.1) is 23.7 Å². The van der Waals surface area contributed by atoms with Crippen LogP contribution in [-0.2, 0) is 4.79 Å². The molecule has 0 aromatic rings. The van der Waals surface area contributed by atoms with Crippen LogP contribution >= 0.6 is 0 Å². The summed E-state index contributed by atoms with van der Waals surface area (Å²) in [5.74, 6) is 3.93. The highest BCUT2D eigenvalue weighted by Crippen LogP contribution is 2.58. The van der Waals surface area contributed by atoms with Crippen molar-refractivity contribution in [1.82, 2.24) is 5.32 Å². The summed E-state index contributed by atoms with van der Waals surface area (Å²) >= 11 is 0. The Hall–Kier alpha value is -0.570. The van der Waals surface area contributed by atoms with Gasteiger partial charge in [0.1, 0.15) is 0 Å². The van der Waals surface area contributed by atoms with Gasteiger partial charge in [-0.3, -0.25) is 4.79 Å². The van der Waals surface area contributed by atoms with Crippen molar-refractivity contribution >= 4 is 5.91 Å². The molecule has 3 saturated carbocycles. The summed E-state index contributed by atoms with van der Waals surface area (Å²) in [6.07, 6.45) is 9.49. The van der Waals surface area contributed by atoms with E-state index < -0.39 is 0 Å². The molecule has 3 nitrogen and oxygen atoms in total. The van der Waals surface area contributed by atoms with E-state index in [1.54, 1.807) is 0 Å². The summed E-state index contributed by atoms with van der Waals surface area (Å²) in [5.41, 5.74) is 5.72. The molecule has 6 atom stereocenters. The Bertz CT molecular complexity index is 342. The van der Waals surface area contributed by atoms with Crippen molar-refractivity contribution in [3.8, 4) is 0 Å². The van der Waals surface area contributed by atoms with Crippen LogP contribution < -0.4 is 11.1 Å². The fourth-order valence-corrected chi connectivity index (χ4v) is 5.10. The predicted molar refractivity (Wildman–Crippen MR) is 76.5 cm³/mol. The van der Waals surface area contributed by atoms with Gasteiger partial charge < -0.3 is 11.1 Å². The fraction of sp³-hybridized carbons (Fsp3) is 0.938. The molecule has 0 spiro atoms. The molecule has 3 rings (SSSR count). The number of carbonyl (C=O) groups is 1.